The molecule has 2 N–H and O–H groups in total. The molecule has 25 heavy (non-hydrogen) atoms. The zero-order valence-corrected chi connectivity index (χ0v) is 16.0. The Balaban J connectivity index is 2.33. The minimum Gasteiger partial charge on any atom is -0.495 e. The van der Waals surface area contributed by atoms with Crippen molar-refractivity contribution < 1.29 is 17.9 Å². The molecule has 1 aliphatic rings. The molecule has 7 nitrogen and oxygen atoms in total. The van der Waals surface area contributed by atoms with E-state index in [4.69, 9.17) is 4.74 Å². The van der Waals surface area contributed by atoms with Gasteiger partial charge in [0.2, 0.25) is 10.0 Å². The molecule has 1 aliphatic heterocycles. The number of carbonyl (C=O) groups is 1. The molecule has 1 unspecified atom stereocenters. The number of likely N-dealkylation sites (tertiary alicyclic amines) is 1. The lowest BCUT2D eigenvalue weighted by Crippen LogP contribution is -2.47. The zero-order valence-electron chi connectivity index (χ0n) is 15.2. The molecular weight excluding hydrogens is 342 g/mol. The van der Waals surface area contributed by atoms with E-state index in [2.05, 4.69) is 10.0 Å². The van der Waals surface area contributed by atoms with Gasteiger partial charge in [0, 0.05) is 30.7 Å². The molecule has 2 rings (SSSR count). The maximum absolute atomic E-state index is 12.8. The van der Waals surface area contributed by atoms with Gasteiger partial charge in [-0.05, 0) is 51.9 Å². The molecule has 8 heteroatoms. The number of amides is 1. The number of nitrogens with zero attached hydrogens (tertiary/aromatic N) is 1. The van der Waals surface area contributed by atoms with Crippen molar-refractivity contribution in [3.8, 4) is 5.75 Å². The zero-order chi connectivity index (χ0) is 18.6. The second-order valence-corrected chi connectivity index (χ2v) is 8.20. The molecular formula is C17H27N3O4S. The third kappa shape index (κ3) is 4.71. The minimum atomic E-state index is -3.76. The van der Waals surface area contributed by atoms with Gasteiger partial charge in [0.1, 0.15) is 10.6 Å². The fourth-order valence-electron chi connectivity index (χ4n) is 2.97. The van der Waals surface area contributed by atoms with E-state index in [1.807, 2.05) is 7.05 Å². The number of hydrogen-bond donors (Lipinski definition) is 2. The van der Waals surface area contributed by atoms with Gasteiger partial charge in [-0.3, -0.25) is 4.79 Å². The van der Waals surface area contributed by atoms with Crippen LogP contribution in [-0.4, -0.2) is 58.6 Å². The molecule has 1 aromatic carbocycles. The molecule has 1 heterocycles. The lowest BCUT2D eigenvalue weighted by molar-refractivity contribution is 0.0698. The van der Waals surface area contributed by atoms with Crippen LogP contribution in [0.25, 0.3) is 0 Å². The second-order valence-electron chi connectivity index (χ2n) is 6.52. The number of rotatable bonds is 6. The molecule has 0 spiro atoms. The van der Waals surface area contributed by atoms with Gasteiger partial charge in [-0.25, -0.2) is 13.1 Å². The molecule has 0 aliphatic carbocycles. The normalized spacial score (nSPS) is 18.4. The molecule has 0 aromatic heterocycles. The summed E-state index contributed by atoms with van der Waals surface area (Å²) < 4.78 is 32.8. The van der Waals surface area contributed by atoms with Gasteiger partial charge in [0.05, 0.1) is 7.11 Å². The van der Waals surface area contributed by atoms with E-state index < -0.39 is 10.0 Å². The quantitative estimate of drug-likeness (QED) is 0.787. The summed E-state index contributed by atoms with van der Waals surface area (Å²) in [4.78, 5) is 14.6. The molecule has 0 radical (unpaired) electrons. The van der Waals surface area contributed by atoms with Crippen LogP contribution >= 0.6 is 0 Å². The number of piperidine rings is 1. The third-order valence-electron chi connectivity index (χ3n) is 4.21. The SMILES string of the molecule is CNC1CCCN(C(=O)c2ccc(OC)c(S(=O)(=O)NC(C)C)c2)C1. The van der Waals surface area contributed by atoms with Crippen LogP contribution < -0.4 is 14.8 Å². The summed E-state index contributed by atoms with van der Waals surface area (Å²) in [7, 11) is -0.469. The number of nitrogens with one attached hydrogen (secondary N) is 2. The number of likely N-dealkylation sites (N-methyl/N-ethyl adjacent to an activating group) is 1. The molecule has 140 valence electrons. The fraction of sp³-hybridized carbons (Fsp3) is 0.588. The summed E-state index contributed by atoms with van der Waals surface area (Å²) in [6.07, 6.45) is 1.95. The van der Waals surface area contributed by atoms with E-state index in [9.17, 15) is 13.2 Å². The summed E-state index contributed by atoms with van der Waals surface area (Å²) in [6.45, 7) is 4.78. The van der Waals surface area contributed by atoms with Gasteiger partial charge in [-0.1, -0.05) is 0 Å². The number of ether oxygens (including phenoxy) is 1. The lowest BCUT2D eigenvalue weighted by Gasteiger charge is -2.32. The third-order valence-corrected chi connectivity index (χ3v) is 5.89. The highest BCUT2D eigenvalue weighted by Gasteiger charge is 2.26. The number of methoxy groups -OCH3 is 1. The van der Waals surface area contributed by atoms with E-state index >= 15 is 0 Å². The first-order valence-electron chi connectivity index (χ1n) is 8.45. The van der Waals surface area contributed by atoms with Crippen LogP contribution in [0.2, 0.25) is 0 Å². The highest BCUT2D eigenvalue weighted by molar-refractivity contribution is 7.89. The lowest BCUT2D eigenvalue weighted by atomic mass is 10.0. The summed E-state index contributed by atoms with van der Waals surface area (Å²) in [5.74, 6) is 0.0556. The van der Waals surface area contributed by atoms with E-state index in [0.717, 1.165) is 12.8 Å². The van der Waals surface area contributed by atoms with Crippen LogP contribution in [0.15, 0.2) is 23.1 Å². The van der Waals surface area contributed by atoms with E-state index in [0.29, 0.717) is 18.7 Å². The Morgan fingerprint density at radius 1 is 1.36 bits per heavy atom. The first kappa shape index (κ1) is 19.7. The molecule has 0 saturated carbocycles. The van der Waals surface area contributed by atoms with Gasteiger partial charge < -0.3 is 15.0 Å². The summed E-state index contributed by atoms with van der Waals surface area (Å²) in [5, 5.41) is 3.20. The molecule has 1 atom stereocenters. The Morgan fingerprint density at radius 2 is 2.08 bits per heavy atom. The average Bonchev–Trinajstić information content (AvgIpc) is 2.59. The van der Waals surface area contributed by atoms with E-state index in [-0.39, 0.29) is 28.6 Å². The van der Waals surface area contributed by atoms with Crippen molar-refractivity contribution >= 4 is 15.9 Å². The average molecular weight is 369 g/mol. The van der Waals surface area contributed by atoms with Gasteiger partial charge in [-0.15, -0.1) is 0 Å². The van der Waals surface area contributed by atoms with Crippen LogP contribution in [0.4, 0.5) is 0 Å². The van der Waals surface area contributed by atoms with Crippen molar-refractivity contribution in [2.75, 3.05) is 27.2 Å². The summed E-state index contributed by atoms with van der Waals surface area (Å²) in [6, 6.07) is 4.55. The van der Waals surface area contributed by atoms with Crippen molar-refractivity contribution in [2.45, 2.75) is 43.7 Å². The highest BCUT2D eigenvalue weighted by atomic mass is 32.2. The van der Waals surface area contributed by atoms with Crippen LogP contribution in [-0.2, 0) is 10.0 Å². The Kier molecular flexibility index (Phi) is 6.42. The number of sulfonamides is 1. The predicted octanol–water partition coefficient (Wildman–Crippen LogP) is 1.21. The Hall–Kier alpha value is -1.64. The smallest absolute Gasteiger partial charge is 0.253 e. The first-order valence-corrected chi connectivity index (χ1v) is 9.93. The van der Waals surface area contributed by atoms with Gasteiger partial charge in [0.15, 0.2) is 0 Å². The maximum atomic E-state index is 12.8. The molecule has 1 amide bonds. The molecule has 1 fully saturated rings. The number of hydrogen-bond acceptors (Lipinski definition) is 5. The molecule has 0 bridgehead atoms. The maximum Gasteiger partial charge on any atom is 0.253 e. The van der Waals surface area contributed by atoms with Crippen molar-refractivity contribution in [2.24, 2.45) is 0 Å². The van der Waals surface area contributed by atoms with Crippen LogP contribution in [0, 0.1) is 0 Å². The van der Waals surface area contributed by atoms with Crippen LogP contribution in [0.3, 0.4) is 0 Å². The van der Waals surface area contributed by atoms with Crippen molar-refractivity contribution in [3.05, 3.63) is 23.8 Å². The van der Waals surface area contributed by atoms with E-state index in [1.54, 1.807) is 24.8 Å². The Morgan fingerprint density at radius 3 is 2.68 bits per heavy atom. The summed E-state index contributed by atoms with van der Waals surface area (Å²) in [5.41, 5.74) is 0.349. The minimum absolute atomic E-state index is 0.0169. The molecule has 1 aromatic rings. The largest absolute Gasteiger partial charge is 0.495 e. The first-order chi connectivity index (χ1) is 11.8. The second kappa shape index (κ2) is 8.16. The van der Waals surface area contributed by atoms with Crippen molar-refractivity contribution in [1.82, 2.24) is 14.9 Å². The number of benzene rings is 1. The number of carbonyl (C=O) groups excluding carboxylic acids is 1. The van der Waals surface area contributed by atoms with E-state index in [1.165, 1.54) is 19.2 Å². The predicted molar refractivity (Wildman–Crippen MR) is 96.4 cm³/mol. The summed E-state index contributed by atoms with van der Waals surface area (Å²) >= 11 is 0. The molecule has 1 saturated heterocycles. The van der Waals surface area contributed by atoms with Crippen LogP contribution in [0.5, 0.6) is 5.75 Å². The highest BCUT2D eigenvalue weighted by Crippen LogP contribution is 2.26. The van der Waals surface area contributed by atoms with Crippen LogP contribution in [0.1, 0.15) is 37.0 Å². The topological polar surface area (TPSA) is 87.7 Å². The van der Waals surface area contributed by atoms with Gasteiger partial charge in [0.25, 0.3) is 5.91 Å². The van der Waals surface area contributed by atoms with Crippen molar-refractivity contribution in [1.29, 1.82) is 0 Å². The van der Waals surface area contributed by atoms with Gasteiger partial charge >= 0.3 is 0 Å². The van der Waals surface area contributed by atoms with Crippen molar-refractivity contribution in [3.63, 3.8) is 0 Å². The Labute approximate surface area is 149 Å². The standard InChI is InChI=1S/C17H27N3O4S/c1-12(2)19-25(22,23)16-10-13(7-8-15(16)24-4)17(21)20-9-5-6-14(11-20)18-3/h7-8,10,12,14,18-19H,5-6,9,11H2,1-4H3. The van der Waals surface area contributed by atoms with Gasteiger partial charge in [-0.2, -0.15) is 0 Å². The monoisotopic (exact) mass is 369 g/mol. The Bertz CT molecular complexity index is 719. The fourth-order valence-corrected chi connectivity index (χ4v) is 4.42.